The molecule has 1 aliphatic heterocycles. The normalized spacial score (nSPS) is 26.5. The molecular weight excluding hydrogens is 256 g/mol. The van der Waals surface area contributed by atoms with Crippen LogP contribution in [0.5, 0.6) is 0 Å². The first-order valence-electron chi connectivity index (χ1n) is 8.89. The maximum Gasteiger partial charge on any atom is 0.0236 e. The summed E-state index contributed by atoms with van der Waals surface area (Å²) in [6.45, 7) is 6.66. The molecule has 0 amide bonds. The van der Waals surface area contributed by atoms with E-state index < -0.39 is 0 Å². The molecule has 21 heavy (non-hydrogen) atoms. The maximum absolute atomic E-state index is 3.43. The Morgan fingerprint density at radius 1 is 1.10 bits per heavy atom. The monoisotopic (exact) mass is 286 g/mol. The van der Waals surface area contributed by atoms with Crippen molar-refractivity contribution in [1.82, 2.24) is 10.2 Å². The van der Waals surface area contributed by atoms with E-state index in [-0.39, 0.29) is 0 Å². The minimum atomic E-state index is 0.866. The van der Waals surface area contributed by atoms with Gasteiger partial charge in [0.05, 0.1) is 0 Å². The van der Waals surface area contributed by atoms with Crippen molar-refractivity contribution in [3.8, 4) is 0 Å². The van der Waals surface area contributed by atoms with Gasteiger partial charge >= 0.3 is 0 Å². The van der Waals surface area contributed by atoms with Gasteiger partial charge in [-0.2, -0.15) is 0 Å². The van der Waals surface area contributed by atoms with Gasteiger partial charge in [0.15, 0.2) is 0 Å². The Balaban J connectivity index is 1.64. The van der Waals surface area contributed by atoms with E-state index in [4.69, 9.17) is 0 Å². The fraction of sp³-hybridized carbons (Fsp3) is 0.684. The average Bonchev–Trinajstić information content (AvgIpc) is 2.54. The molecule has 2 aliphatic rings. The zero-order valence-electron chi connectivity index (χ0n) is 13.5. The van der Waals surface area contributed by atoms with Crippen LogP contribution in [0.25, 0.3) is 0 Å². The van der Waals surface area contributed by atoms with Crippen LogP contribution in [-0.2, 0) is 13.1 Å². The quantitative estimate of drug-likeness (QED) is 0.881. The van der Waals surface area contributed by atoms with Crippen molar-refractivity contribution >= 4 is 0 Å². The van der Waals surface area contributed by atoms with Crippen molar-refractivity contribution in [3.05, 3.63) is 35.4 Å². The van der Waals surface area contributed by atoms with Crippen molar-refractivity contribution in [3.63, 3.8) is 0 Å². The first kappa shape index (κ1) is 15.1. The van der Waals surface area contributed by atoms with Gasteiger partial charge in [-0.05, 0) is 55.8 Å². The number of rotatable bonds is 5. The molecule has 1 aromatic rings. The van der Waals surface area contributed by atoms with Gasteiger partial charge in [0.1, 0.15) is 0 Å². The summed E-state index contributed by atoms with van der Waals surface area (Å²) in [5.41, 5.74) is 2.92. The van der Waals surface area contributed by atoms with Crippen LogP contribution >= 0.6 is 0 Å². The lowest BCUT2D eigenvalue weighted by atomic mass is 9.78. The minimum absolute atomic E-state index is 0.866. The summed E-state index contributed by atoms with van der Waals surface area (Å²) < 4.78 is 0. The molecule has 0 radical (unpaired) electrons. The predicted octanol–water partition coefficient (Wildman–Crippen LogP) is 3.95. The van der Waals surface area contributed by atoms with Gasteiger partial charge in [-0.15, -0.1) is 0 Å². The number of piperidine rings is 1. The van der Waals surface area contributed by atoms with Crippen LogP contribution in [0, 0.1) is 5.92 Å². The zero-order valence-corrected chi connectivity index (χ0v) is 13.5. The smallest absolute Gasteiger partial charge is 0.0236 e. The highest BCUT2D eigenvalue weighted by molar-refractivity contribution is 5.23. The molecular formula is C19H30N2. The summed E-state index contributed by atoms with van der Waals surface area (Å²) in [6.07, 6.45) is 8.69. The molecule has 1 aromatic carbocycles. The van der Waals surface area contributed by atoms with Crippen LogP contribution in [-0.4, -0.2) is 24.0 Å². The van der Waals surface area contributed by atoms with Crippen molar-refractivity contribution in [2.45, 2.75) is 64.6 Å². The molecule has 2 atom stereocenters. The van der Waals surface area contributed by atoms with Crippen LogP contribution in [0.4, 0.5) is 0 Å². The first-order valence-corrected chi connectivity index (χ1v) is 8.89. The van der Waals surface area contributed by atoms with E-state index in [1.807, 2.05) is 0 Å². The number of likely N-dealkylation sites (tertiary alicyclic amines) is 1. The minimum Gasteiger partial charge on any atom is -0.313 e. The third kappa shape index (κ3) is 3.87. The molecule has 1 N–H and O–H groups in total. The maximum atomic E-state index is 3.43. The van der Waals surface area contributed by atoms with Crippen molar-refractivity contribution < 1.29 is 0 Å². The zero-order chi connectivity index (χ0) is 14.5. The van der Waals surface area contributed by atoms with Gasteiger partial charge < -0.3 is 5.32 Å². The van der Waals surface area contributed by atoms with E-state index in [1.54, 1.807) is 0 Å². The van der Waals surface area contributed by atoms with E-state index in [0.717, 1.165) is 31.6 Å². The molecule has 2 nitrogen and oxygen atoms in total. The standard InChI is InChI=1S/C19H30N2/c1-2-20-14-16-7-5-8-17(13-16)15-21-12-6-10-18-9-3-4-11-19(18)21/h5,7-8,13,18-20H,2-4,6,9-12,14-15H2,1H3. The Morgan fingerprint density at radius 3 is 2.81 bits per heavy atom. The van der Waals surface area contributed by atoms with Crippen LogP contribution in [0.3, 0.4) is 0 Å². The lowest BCUT2D eigenvalue weighted by Gasteiger charge is -2.44. The number of hydrogen-bond donors (Lipinski definition) is 1. The molecule has 0 bridgehead atoms. The lowest BCUT2D eigenvalue weighted by molar-refractivity contribution is 0.0547. The van der Waals surface area contributed by atoms with Crippen molar-refractivity contribution in [2.24, 2.45) is 5.92 Å². The molecule has 0 aromatic heterocycles. The van der Waals surface area contributed by atoms with Gasteiger partial charge in [0, 0.05) is 19.1 Å². The number of hydrogen-bond acceptors (Lipinski definition) is 2. The van der Waals surface area contributed by atoms with E-state index >= 15 is 0 Å². The van der Waals surface area contributed by atoms with Crippen LogP contribution in [0.2, 0.25) is 0 Å². The third-order valence-corrected chi connectivity index (χ3v) is 5.31. The fourth-order valence-corrected chi connectivity index (χ4v) is 4.27. The largest absolute Gasteiger partial charge is 0.313 e. The molecule has 0 spiro atoms. The fourth-order valence-electron chi connectivity index (χ4n) is 4.27. The summed E-state index contributed by atoms with van der Waals surface area (Å²) in [7, 11) is 0. The number of nitrogens with zero attached hydrogens (tertiary/aromatic N) is 1. The Hall–Kier alpha value is -0.860. The Bertz CT molecular complexity index is 441. The van der Waals surface area contributed by atoms with E-state index in [9.17, 15) is 0 Å². The first-order chi connectivity index (χ1) is 10.4. The SMILES string of the molecule is CCNCc1cccc(CN2CCCC3CCCCC32)c1. The third-order valence-electron chi connectivity index (χ3n) is 5.31. The van der Waals surface area contributed by atoms with E-state index in [2.05, 4.69) is 41.4 Å². The Morgan fingerprint density at radius 2 is 1.90 bits per heavy atom. The second kappa shape index (κ2) is 7.42. The van der Waals surface area contributed by atoms with Crippen molar-refractivity contribution in [2.75, 3.05) is 13.1 Å². The summed E-state index contributed by atoms with van der Waals surface area (Å²) in [5.74, 6) is 0.984. The van der Waals surface area contributed by atoms with Crippen LogP contribution < -0.4 is 5.32 Å². The number of nitrogens with one attached hydrogen (secondary N) is 1. The Kier molecular flexibility index (Phi) is 5.32. The Labute approximate surface area is 129 Å². The van der Waals surface area contributed by atoms with Crippen LogP contribution in [0.1, 0.15) is 56.6 Å². The highest BCUT2D eigenvalue weighted by Gasteiger charge is 2.32. The summed E-state index contributed by atoms with van der Waals surface area (Å²) >= 11 is 0. The molecule has 3 rings (SSSR count). The van der Waals surface area contributed by atoms with Crippen LogP contribution in [0.15, 0.2) is 24.3 Å². The van der Waals surface area contributed by atoms with Gasteiger partial charge in [0.25, 0.3) is 0 Å². The van der Waals surface area contributed by atoms with Gasteiger partial charge in [0.2, 0.25) is 0 Å². The predicted molar refractivity (Wildman–Crippen MR) is 89.2 cm³/mol. The molecule has 1 heterocycles. The summed E-state index contributed by atoms with van der Waals surface area (Å²) in [5, 5.41) is 3.43. The van der Waals surface area contributed by atoms with Gasteiger partial charge in [-0.25, -0.2) is 0 Å². The molecule has 1 saturated carbocycles. The summed E-state index contributed by atoms with van der Waals surface area (Å²) in [4.78, 5) is 2.78. The van der Waals surface area contributed by atoms with Crippen molar-refractivity contribution in [1.29, 1.82) is 0 Å². The van der Waals surface area contributed by atoms with Gasteiger partial charge in [-0.3, -0.25) is 4.90 Å². The highest BCUT2D eigenvalue weighted by atomic mass is 15.2. The molecule has 2 unspecified atom stereocenters. The highest BCUT2D eigenvalue weighted by Crippen LogP contribution is 2.35. The van der Waals surface area contributed by atoms with E-state index in [0.29, 0.717) is 0 Å². The lowest BCUT2D eigenvalue weighted by Crippen LogP contribution is -2.46. The molecule has 116 valence electrons. The second-order valence-corrected chi connectivity index (χ2v) is 6.82. The molecule has 2 heteroatoms. The topological polar surface area (TPSA) is 15.3 Å². The number of benzene rings is 1. The average molecular weight is 286 g/mol. The van der Waals surface area contributed by atoms with Gasteiger partial charge in [-0.1, -0.05) is 44.0 Å². The van der Waals surface area contributed by atoms with E-state index in [1.165, 1.54) is 56.2 Å². The number of fused-ring (bicyclic) bond motifs is 1. The molecule has 1 saturated heterocycles. The second-order valence-electron chi connectivity index (χ2n) is 6.82. The molecule has 2 fully saturated rings. The molecule has 1 aliphatic carbocycles. The summed E-state index contributed by atoms with van der Waals surface area (Å²) in [6, 6.07) is 10.0.